The van der Waals surface area contributed by atoms with E-state index in [-0.39, 0.29) is 0 Å². The number of aryl methyl sites for hydroxylation is 1. The molecule has 0 N–H and O–H groups in total. The number of rotatable bonds is 1. The van der Waals surface area contributed by atoms with E-state index in [1.807, 2.05) is 12.3 Å². The van der Waals surface area contributed by atoms with E-state index in [0.29, 0.717) is 0 Å². The third-order valence-corrected chi connectivity index (χ3v) is 3.52. The molecule has 1 aliphatic rings. The van der Waals surface area contributed by atoms with E-state index in [4.69, 9.17) is 4.74 Å². The summed E-state index contributed by atoms with van der Waals surface area (Å²) in [7, 11) is 0. The third kappa shape index (κ3) is 1.93. The molecule has 0 aliphatic carbocycles. The first-order valence-corrected chi connectivity index (χ1v) is 6.36. The average molecular weight is 291 g/mol. The minimum absolute atomic E-state index is 0.787. The third-order valence-electron chi connectivity index (χ3n) is 2.89. The van der Waals surface area contributed by atoms with Crippen molar-refractivity contribution in [2.45, 2.75) is 12.8 Å². The van der Waals surface area contributed by atoms with Crippen LogP contribution in [-0.2, 0) is 6.42 Å². The highest BCUT2D eigenvalue weighted by Gasteiger charge is 2.17. The smallest absolute Gasteiger partial charge is 0.130 e. The van der Waals surface area contributed by atoms with Crippen molar-refractivity contribution in [2.75, 3.05) is 6.61 Å². The number of hydrogen-bond acceptors (Lipinski definition) is 3. The number of aromatic nitrogens is 2. The maximum Gasteiger partial charge on any atom is 0.130 e. The number of para-hydroxylation sites is 1. The van der Waals surface area contributed by atoms with Crippen LogP contribution >= 0.6 is 15.9 Å². The van der Waals surface area contributed by atoms with Gasteiger partial charge in [-0.15, -0.1) is 0 Å². The maximum atomic E-state index is 5.79. The van der Waals surface area contributed by atoms with Crippen LogP contribution in [0.5, 0.6) is 5.75 Å². The molecule has 0 radical (unpaired) electrons. The molecule has 1 aromatic carbocycles. The fourth-order valence-electron chi connectivity index (χ4n) is 2.10. The summed E-state index contributed by atoms with van der Waals surface area (Å²) in [5.41, 5.74) is 3.31. The van der Waals surface area contributed by atoms with Crippen LogP contribution in [0, 0.1) is 0 Å². The summed E-state index contributed by atoms with van der Waals surface area (Å²) in [4.78, 5) is 8.23. The molecule has 4 heteroatoms. The Hall–Kier alpha value is -1.42. The van der Waals surface area contributed by atoms with E-state index in [1.165, 1.54) is 11.9 Å². The molecular formula is C13H11BrN2O. The molecule has 1 aromatic heterocycles. The zero-order valence-electron chi connectivity index (χ0n) is 9.19. The largest absolute Gasteiger partial charge is 0.493 e. The van der Waals surface area contributed by atoms with Crippen molar-refractivity contribution in [3.63, 3.8) is 0 Å². The highest BCUT2D eigenvalue weighted by atomic mass is 79.9. The van der Waals surface area contributed by atoms with Crippen LogP contribution in [-0.4, -0.2) is 16.6 Å². The van der Waals surface area contributed by atoms with Crippen LogP contribution in [0.15, 0.2) is 35.3 Å². The number of fused-ring (bicyclic) bond motifs is 1. The second-order valence-electron chi connectivity index (χ2n) is 3.97. The van der Waals surface area contributed by atoms with E-state index in [9.17, 15) is 0 Å². The van der Waals surface area contributed by atoms with E-state index in [1.54, 1.807) is 0 Å². The molecule has 0 saturated heterocycles. The monoisotopic (exact) mass is 290 g/mol. The summed E-state index contributed by atoms with van der Waals surface area (Å²) in [6, 6.07) is 6.23. The molecule has 2 aromatic rings. The molecule has 1 aliphatic heterocycles. The molecule has 17 heavy (non-hydrogen) atoms. The van der Waals surface area contributed by atoms with Crippen molar-refractivity contribution in [3.8, 4) is 16.9 Å². The minimum atomic E-state index is 0.787. The molecule has 0 atom stereocenters. The standard InChI is InChI=1S/C13H11BrN2O/c14-13-11(7-15-8-16-13)10-5-1-3-9-4-2-6-17-12(9)10/h1,3,5,7-8H,2,4,6H2. The highest BCUT2D eigenvalue weighted by molar-refractivity contribution is 9.10. The van der Waals surface area contributed by atoms with Gasteiger partial charge in [-0.25, -0.2) is 9.97 Å². The summed E-state index contributed by atoms with van der Waals surface area (Å²) in [6.07, 6.45) is 5.51. The van der Waals surface area contributed by atoms with Gasteiger partial charge in [0.15, 0.2) is 0 Å². The number of hydrogen-bond donors (Lipinski definition) is 0. The fraction of sp³-hybridized carbons (Fsp3) is 0.231. The minimum Gasteiger partial charge on any atom is -0.493 e. The maximum absolute atomic E-state index is 5.79. The summed E-state index contributed by atoms with van der Waals surface area (Å²) >= 11 is 3.45. The van der Waals surface area contributed by atoms with Crippen molar-refractivity contribution < 1.29 is 4.74 Å². The zero-order chi connectivity index (χ0) is 11.7. The molecular weight excluding hydrogens is 280 g/mol. The highest BCUT2D eigenvalue weighted by Crippen LogP contribution is 2.38. The lowest BCUT2D eigenvalue weighted by Gasteiger charge is -2.20. The van der Waals surface area contributed by atoms with Crippen molar-refractivity contribution in [1.82, 2.24) is 9.97 Å². The Morgan fingerprint density at radius 3 is 3.06 bits per heavy atom. The topological polar surface area (TPSA) is 35.0 Å². The Kier molecular flexibility index (Phi) is 2.81. The van der Waals surface area contributed by atoms with Crippen LogP contribution in [0.4, 0.5) is 0 Å². The summed E-state index contributed by atoms with van der Waals surface area (Å²) in [6.45, 7) is 0.787. The van der Waals surface area contributed by atoms with Crippen molar-refractivity contribution >= 4 is 15.9 Å². The Balaban J connectivity index is 2.18. The van der Waals surface area contributed by atoms with Gasteiger partial charge in [0.2, 0.25) is 0 Å². The van der Waals surface area contributed by atoms with Gasteiger partial charge >= 0.3 is 0 Å². The Labute approximate surface area is 108 Å². The first kappa shape index (κ1) is 10.7. The lowest BCUT2D eigenvalue weighted by Crippen LogP contribution is -2.09. The quantitative estimate of drug-likeness (QED) is 0.757. The summed E-state index contributed by atoms with van der Waals surface area (Å²) < 4.78 is 6.59. The molecule has 0 bridgehead atoms. The molecule has 0 saturated carbocycles. The fourth-order valence-corrected chi connectivity index (χ4v) is 2.50. The van der Waals surface area contributed by atoms with Gasteiger partial charge < -0.3 is 4.74 Å². The first-order chi connectivity index (χ1) is 8.36. The first-order valence-electron chi connectivity index (χ1n) is 5.57. The Morgan fingerprint density at radius 2 is 2.18 bits per heavy atom. The molecule has 0 fully saturated rings. The van der Waals surface area contributed by atoms with E-state index in [2.05, 4.69) is 38.0 Å². The predicted molar refractivity (Wildman–Crippen MR) is 69.0 cm³/mol. The molecule has 3 nitrogen and oxygen atoms in total. The Bertz CT molecular complexity index is 557. The second-order valence-corrected chi connectivity index (χ2v) is 4.72. The normalized spacial score (nSPS) is 13.9. The van der Waals surface area contributed by atoms with Gasteiger partial charge in [0.05, 0.1) is 6.61 Å². The molecule has 3 rings (SSSR count). The molecule has 0 unspecified atom stereocenters. The van der Waals surface area contributed by atoms with E-state index >= 15 is 0 Å². The van der Waals surface area contributed by atoms with Crippen LogP contribution in [0.1, 0.15) is 12.0 Å². The van der Waals surface area contributed by atoms with Gasteiger partial charge in [0.1, 0.15) is 16.7 Å². The predicted octanol–water partition coefficient (Wildman–Crippen LogP) is 3.23. The SMILES string of the molecule is Brc1ncncc1-c1cccc2c1OCCC2. The van der Waals surface area contributed by atoms with Gasteiger partial charge in [-0.3, -0.25) is 0 Å². The number of halogens is 1. The van der Waals surface area contributed by atoms with E-state index in [0.717, 1.165) is 40.9 Å². The van der Waals surface area contributed by atoms with Gasteiger partial charge in [0.25, 0.3) is 0 Å². The average Bonchev–Trinajstić information content (AvgIpc) is 2.39. The van der Waals surface area contributed by atoms with Gasteiger partial charge in [-0.2, -0.15) is 0 Å². The van der Waals surface area contributed by atoms with Gasteiger partial charge in [-0.05, 0) is 34.3 Å². The Morgan fingerprint density at radius 1 is 1.24 bits per heavy atom. The van der Waals surface area contributed by atoms with Crippen molar-refractivity contribution in [2.24, 2.45) is 0 Å². The summed E-state index contributed by atoms with van der Waals surface area (Å²) in [5.74, 6) is 0.981. The van der Waals surface area contributed by atoms with Crippen LogP contribution < -0.4 is 4.74 Å². The van der Waals surface area contributed by atoms with Gasteiger partial charge in [0, 0.05) is 17.3 Å². The lowest BCUT2D eigenvalue weighted by molar-refractivity contribution is 0.289. The number of ether oxygens (including phenoxy) is 1. The van der Waals surface area contributed by atoms with Gasteiger partial charge in [-0.1, -0.05) is 18.2 Å². The molecule has 0 spiro atoms. The van der Waals surface area contributed by atoms with Crippen LogP contribution in [0.3, 0.4) is 0 Å². The lowest BCUT2D eigenvalue weighted by atomic mass is 9.99. The molecule has 2 heterocycles. The van der Waals surface area contributed by atoms with Crippen LogP contribution in [0.25, 0.3) is 11.1 Å². The molecule has 0 amide bonds. The summed E-state index contributed by atoms with van der Waals surface area (Å²) in [5, 5.41) is 0. The second kappa shape index (κ2) is 4.45. The molecule has 86 valence electrons. The van der Waals surface area contributed by atoms with E-state index < -0.39 is 0 Å². The number of nitrogens with zero attached hydrogens (tertiary/aromatic N) is 2. The van der Waals surface area contributed by atoms with Crippen molar-refractivity contribution in [3.05, 3.63) is 40.9 Å². The van der Waals surface area contributed by atoms with Crippen LogP contribution in [0.2, 0.25) is 0 Å². The number of benzene rings is 1. The van der Waals surface area contributed by atoms with Crippen molar-refractivity contribution in [1.29, 1.82) is 0 Å². The zero-order valence-corrected chi connectivity index (χ0v) is 10.8.